The predicted molar refractivity (Wildman–Crippen MR) is 115 cm³/mol. The van der Waals surface area contributed by atoms with E-state index in [0.29, 0.717) is 46.6 Å². The fraction of sp³-hybridized carbons (Fsp3) is 0.421. The number of nitrogens with zero attached hydrogens (tertiary/aromatic N) is 2. The Morgan fingerprint density at radius 3 is 2.76 bits per heavy atom. The molecule has 1 aliphatic rings. The van der Waals surface area contributed by atoms with Gasteiger partial charge in [-0.2, -0.15) is 0 Å². The van der Waals surface area contributed by atoms with Crippen molar-refractivity contribution in [3.8, 4) is 0 Å². The topological polar surface area (TPSA) is 83.6 Å². The predicted octanol–water partition coefficient (Wildman–Crippen LogP) is 3.95. The fourth-order valence-electron chi connectivity index (χ4n) is 2.57. The summed E-state index contributed by atoms with van der Waals surface area (Å²) in [5.74, 6) is -0.275. The molecule has 2 N–H and O–H groups in total. The molecule has 2 aromatic rings. The van der Waals surface area contributed by atoms with E-state index in [1.54, 1.807) is 35.6 Å². The zero-order chi connectivity index (χ0) is 20.8. The van der Waals surface area contributed by atoms with Gasteiger partial charge in [-0.05, 0) is 31.0 Å². The molecule has 0 spiro atoms. The molecule has 3 rings (SSSR count). The Balaban J connectivity index is 1.61. The molecule has 0 radical (unpaired) electrons. The van der Waals surface area contributed by atoms with Crippen molar-refractivity contribution in [3.63, 3.8) is 0 Å². The average molecular weight is 457 g/mol. The van der Waals surface area contributed by atoms with Crippen molar-refractivity contribution >= 4 is 57.2 Å². The number of amides is 2. The lowest BCUT2D eigenvalue weighted by Crippen LogP contribution is -2.37. The van der Waals surface area contributed by atoms with Crippen molar-refractivity contribution in [1.82, 2.24) is 15.2 Å². The molecule has 10 heteroatoms. The molecule has 0 atom stereocenters. The Morgan fingerprint density at radius 1 is 1.28 bits per heavy atom. The molecule has 1 saturated carbocycles. The van der Waals surface area contributed by atoms with Crippen LogP contribution in [0.2, 0.25) is 10.0 Å². The van der Waals surface area contributed by atoms with Gasteiger partial charge in [0.2, 0.25) is 5.91 Å². The van der Waals surface area contributed by atoms with E-state index in [1.807, 2.05) is 0 Å². The van der Waals surface area contributed by atoms with Crippen LogP contribution < -0.4 is 10.6 Å². The van der Waals surface area contributed by atoms with Gasteiger partial charge in [-0.1, -0.05) is 23.2 Å². The lowest BCUT2D eigenvalue weighted by molar-refractivity contribution is -0.121. The monoisotopic (exact) mass is 456 g/mol. The molecule has 1 heterocycles. The van der Waals surface area contributed by atoms with E-state index in [1.165, 1.54) is 11.3 Å². The number of carbonyl (C=O) groups excluding carboxylic acids is 2. The number of carbonyl (C=O) groups is 2. The van der Waals surface area contributed by atoms with Crippen molar-refractivity contribution in [2.75, 3.05) is 32.1 Å². The molecule has 7 nitrogen and oxygen atoms in total. The molecule has 0 unspecified atom stereocenters. The van der Waals surface area contributed by atoms with Gasteiger partial charge >= 0.3 is 0 Å². The maximum absolute atomic E-state index is 12.9. The minimum absolute atomic E-state index is 0.0389. The second-order valence-electron chi connectivity index (χ2n) is 6.67. The van der Waals surface area contributed by atoms with Crippen LogP contribution in [0.25, 0.3) is 0 Å². The van der Waals surface area contributed by atoms with Gasteiger partial charge in [0.25, 0.3) is 5.91 Å². The number of halogens is 2. The number of benzene rings is 1. The van der Waals surface area contributed by atoms with Gasteiger partial charge < -0.3 is 20.3 Å². The minimum atomic E-state index is -0.236. The van der Waals surface area contributed by atoms with Gasteiger partial charge in [-0.3, -0.25) is 9.59 Å². The highest BCUT2D eigenvalue weighted by atomic mass is 35.5. The summed E-state index contributed by atoms with van der Waals surface area (Å²) in [6.45, 7) is 1.08. The molecule has 1 fully saturated rings. The number of ether oxygens (including phenoxy) is 1. The first-order chi connectivity index (χ1) is 14.0. The van der Waals surface area contributed by atoms with Gasteiger partial charge in [0.15, 0.2) is 5.13 Å². The second kappa shape index (κ2) is 10.2. The van der Waals surface area contributed by atoms with Crippen LogP contribution in [0.15, 0.2) is 23.6 Å². The summed E-state index contributed by atoms with van der Waals surface area (Å²) in [6.07, 6.45) is 2.32. The van der Waals surface area contributed by atoms with E-state index >= 15 is 0 Å². The first-order valence-electron chi connectivity index (χ1n) is 9.21. The average Bonchev–Trinajstić information content (AvgIpc) is 3.39. The zero-order valence-corrected chi connectivity index (χ0v) is 18.2. The number of thiazole rings is 1. The number of rotatable bonds is 10. The number of hydrogen-bond donors (Lipinski definition) is 2. The van der Waals surface area contributed by atoms with Crippen molar-refractivity contribution in [1.29, 1.82) is 0 Å². The van der Waals surface area contributed by atoms with E-state index in [-0.39, 0.29) is 18.2 Å². The summed E-state index contributed by atoms with van der Waals surface area (Å²) in [5.41, 5.74) is 1.04. The highest BCUT2D eigenvalue weighted by Crippen LogP contribution is 2.28. The minimum Gasteiger partial charge on any atom is -0.383 e. The lowest BCUT2D eigenvalue weighted by atomic mass is 10.3. The van der Waals surface area contributed by atoms with E-state index < -0.39 is 0 Å². The van der Waals surface area contributed by atoms with Crippen LogP contribution in [0, 0.1) is 0 Å². The molecule has 0 aliphatic heterocycles. The molecule has 0 bridgehead atoms. The van der Waals surface area contributed by atoms with Crippen molar-refractivity contribution in [2.24, 2.45) is 0 Å². The summed E-state index contributed by atoms with van der Waals surface area (Å²) >= 11 is 13.3. The Kier molecular flexibility index (Phi) is 7.71. The maximum Gasteiger partial charge on any atom is 0.273 e. The highest BCUT2D eigenvalue weighted by Gasteiger charge is 2.24. The third-order valence-corrected chi connectivity index (χ3v) is 5.79. The summed E-state index contributed by atoms with van der Waals surface area (Å²) in [7, 11) is 1.57. The quantitative estimate of drug-likeness (QED) is 0.565. The summed E-state index contributed by atoms with van der Waals surface area (Å²) in [6, 6.07) is 5.46. The molecular weight excluding hydrogens is 435 g/mol. The van der Waals surface area contributed by atoms with Crippen molar-refractivity contribution in [2.45, 2.75) is 25.3 Å². The molecule has 1 aromatic heterocycles. The number of aromatic nitrogens is 1. The third-order valence-electron chi connectivity index (χ3n) is 4.30. The highest BCUT2D eigenvalue weighted by molar-refractivity contribution is 7.14. The molecular formula is C19H22Cl2N4O3S. The van der Waals surface area contributed by atoms with Crippen LogP contribution in [-0.4, -0.2) is 54.5 Å². The van der Waals surface area contributed by atoms with Gasteiger partial charge in [0, 0.05) is 43.7 Å². The SMILES string of the molecule is COCCN(CCC(=O)NC1CC1)C(=O)c1csc(Nc2ccc(Cl)c(Cl)c2)n1. The van der Waals surface area contributed by atoms with E-state index in [0.717, 1.165) is 18.5 Å². The summed E-state index contributed by atoms with van der Waals surface area (Å²) in [5, 5.41) is 9.19. The van der Waals surface area contributed by atoms with Gasteiger partial charge in [-0.25, -0.2) is 4.98 Å². The number of methoxy groups -OCH3 is 1. The molecule has 1 aromatic carbocycles. The number of anilines is 2. The normalized spacial score (nSPS) is 13.2. The van der Waals surface area contributed by atoms with E-state index in [2.05, 4.69) is 15.6 Å². The van der Waals surface area contributed by atoms with Crippen LogP contribution in [-0.2, 0) is 9.53 Å². The first kappa shape index (κ1) is 21.8. The van der Waals surface area contributed by atoms with Crippen LogP contribution in [0.1, 0.15) is 29.8 Å². The summed E-state index contributed by atoms with van der Waals surface area (Å²) in [4.78, 5) is 30.8. The molecule has 2 amide bonds. The third kappa shape index (κ3) is 6.57. The van der Waals surface area contributed by atoms with Crippen LogP contribution in [0.4, 0.5) is 10.8 Å². The molecule has 156 valence electrons. The van der Waals surface area contributed by atoms with Gasteiger partial charge in [0.05, 0.1) is 16.7 Å². The Hall–Kier alpha value is -1.87. The number of hydrogen-bond acceptors (Lipinski definition) is 6. The smallest absolute Gasteiger partial charge is 0.273 e. The summed E-state index contributed by atoms with van der Waals surface area (Å²) < 4.78 is 5.10. The zero-order valence-electron chi connectivity index (χ0n) is 15.9. The van der Waals surface area contributed by atoms with Crippen LogP contribution in [0.3, 0.4) is 0 Å². The molecule has 29 heavy (non-hydrogen) atoms. The molecule has 0 saturated heterocycles. The number of nitrogens with one attached hydrogen (secondary N) is 2. The Bertz CT molecular complexity index is 873. The Morgan fingerprint density at radius 2 is 2.07 bits per heavy atom. The van der Waals surface area contributed by atoms with Gasteiger partial charge in [-0.15, -0.1) is 11.3 Å². The first-order valence-corrected chi connectivity index (χ1v) is 10.8. The largest absolute Gasteiger partial charge is 0.383 e. The van der Waals surface area contributed by atoms with Gasteiger partial charge in [0.1, 0.15) is 5.69 Å². The van der Waals surface area contributed by atoms with Crippen molar-refractivity contribution < 1.29 is 14.3 Å². The van der Waals surface area contributed by atoms with E-state index in [9.17, 15) is 9.59 Å². The standard InChI is InChI=1S/C19H22Cl2N4O3S/c1-28-9-8-25(7-6-17(26)22-12-2-3-12)18(27)16-11-29-19(24-16)23-13-4-5-14(20)15(21)10-13/h4-5,10-12H,2-3,6-9H2,1H3,(H,22,26)(H,23,24). The maximum atomic E-state index is 12.9. The Labute approximate surface area is 183 Å². The molecule has 1 aliphatic carbocycles. The van der Waals surface area contributed by atoms with E-state index in [4.69, 9.17) is 27.9 Å². The van der Waals surface area contributed by atoms with Crippen LogP contribution in [0.5, 0.6) is 0 Å². The lowest BCUT2D eigenvalue weighted by Gasteiger charge is -2.21. The second-order valence-corrected chi connectivity index (χ2v) is 8.34. The van der Waals surface area contributed by atoms with Crippen LogP contribution >= 0.6 is 34.5 Å². The van der Waals surface area contributed by atoms with Crippen molar-refractivity contribution in [3.05, 3.63) is 39.3 Å². The fourth-order valence-corrected chi connectivity index (χ4v) is 3.57.